The lowest BCUT2D eigenvalue weighted by Crippen LogP contribution is -2.34. The molecule has 0 aliphatic carbocycles. The minimum absolute atomic E-state index is 0.00581. The van der Waals surface area contributed by atoms with Crippen molar-refractivity contribution in [3.8, 4) is 0 Å². The average Bonchev–Trinajstić information content (AvgIpc) is 3.21. The first-order chi connectivity index (χ1) is 28.7. The average molecular weight is 842 g/mol. The van der Waals surface area contributed by atoms with Crippen LogP contribution in [0, 0.1) is 0 Å². The van der Waals surface area contributed by atoms with Gasteiger partial charge in [0, 0.05) is 6.61 Å². The lowest BCUT2D eigenvalue weighted by molar-refractivity contribution is -0.153. The Morgan fingerprint density at radius 1 is 0.542 bits per heavy atom. The van der Waals surface area contributed by atoms with Gasteiger partial charge in [0.05, 0.1) is 26.2 Å². The molecule has 0 aliphatic rings. The van der Waals surface area contributed by atoms with Gasteiger partial charge < -0.3 is 25.2 Å². The maximum Gasteiger partial charge on any atom is 0.472 e. The summed E-state index contributed by atoms with van der Waals surface area (Å²) in [6.45, 7) is 3.45. The molecule has 0 rings (SSSR count). The molecule has 3 unspecified atom stereocenters. The maximum absolute atomic E-state index is 12.6. The van der Waals surface area contributed by atoms with E-state index in [1.54, 1.807) is 6.08 Å². The SMILES string of the molecule is CC/C=C\C/C=C\C/C=C\C/C=C\C/C=C\CCCCCCCCOCC(COP(=O)(O)OCC(N)C(=O)O)OC(=O)C/C=C\C/C=C\C/C=C\C/C=C\C/C=C\CC. The normalized spacial score (nSPS) is 15.1. The summed E-state index contributed by atoms with van der Waals surface area (Å²) in [5.41, 5.74) is 5.34. The molecular formula is C48H76NO9P. The summed E-state index contributed by atoms with van der Waals surface area (Å²) in [4.78, 5) is 33.5. The van der Waals surface area contributed by atoms with Crippen molar-refractivity contribution in [2.75, 3.05) is 26.4 Å². The number of carbonyl (C=O) groups excluding carboxylic acids is 1. The number of rotatable bonds is 39. The summed E-state index contributed by atoms with van der Waals surface area (Å²) in [5.74, 6) is -1.93. The fraction of sp³-hybridized carbons (Fsp3) is 0.542. The Labute approximate surface area is 356 Å². The second-order valence-electron chi connectivity index (χ2n) is 13.7. The molecule has 0 saturated carbocycles. The van der Waals surface area contributed by atoms with E-state index in [9.17, 15) is 19.0 Å². The van der Waals surface area contributed by atoms with E-state index in [1.807, 2.05) is 12.2 Å². The highest BCUT2D eigenvalue weighted by Gasteiger charge is 2.27. The third-order valence-corrected chi connectivity index (χ3v) is 9.22. The highest BCUT2D eigenvalue weighted by Crippen LogP contribution is 2.43. The zero-order chi connectivity index (χ0) is 43.3. The van der Waals surface area contributed by atoms with E-state index in [2.05, 4.69) is 122 Å². The summed E-state index contributed by atoms with van der Waals surface area (Å²) in [5, 5.41) is 8.89. The van der Waals surface area contributed by atoms with Gasteiger partial charge in [0.25, 0.3) is 0 Å². The summed E-state index contributed by atoms with van der Waals surface area (Å²) in [6.07, 6.45) is 58.6. The van der Waals surface area contributed by atoms with Gasteiger partial charge >= 0.3 is 19.8 Å². The molecule has 0 saturated heterocycles. The van der Waals surface area contributed by atoms with Gasteiger partial charge in [0.15, 0.2) is 0 Å². The zero-order valence-electron chi connectivity index (χ0n) is 36.0. The second-order valence-corrected chi connectivity index (χ2v) is 15.2. The van der Waals surface area contributed by atoms with Crippen LogP contribution in [0.1, 0.15) is 129 Å². The largest absolute Gasteiger partial charge is 0.480 e. The van der Waals surface area contributed by atoms with Gasteiger partial charge in [-0.25, -0.2) is 4.57 Å². The van der Waals surface area contributed by atoms with Crippen molar-refractivity contribution >= 4 is 19.8 Å². The third-order valence-electron chi connectivity index (χ3n) is 8.27. The number of allylic oxidation sites excluding steroid dienone is 19. The highest BCUT2D eigenvalue weighted by atomic mass is 31.2. The van der Waals surface area contributed by atoms with Crippen molar-refractivity contribution in [1.29, 1.82) is 0 Å². The number of nitrogens with two attached hydrogens (primary N) is 1. The van der Waals surface area contributed by atoms with Crippen LogP contribution < -0.4 is 5.73 Å². The molecule has 0 spiro atoms. The van der Waals surface area contributed by atoms with E-state index in [4.69, 9.17) is 24.8 Å². The summed E-state index contributed by atoms with van der Waals surface area (Å²) in [6, 6.07) is -1.50. The monoisotopic (exact) mass is 842 g/mol. The fourth-order valence-corrected chi connectivity index (χ4v) is 5.78. The number of aliphatic carboxylic acids is 1. The van der Waals surface area contributed by atoms with E-state index in [0.717, 1.165) is 96.3 Å². The summed E-state index contributed by atoms with van der Waals surface area (Å²) < 4.78 is 33.2. The van der Waals surface area contributed by atoms with Gasteiger partial charge in [-0.1, -0.05) is 161 Å². The lowest BCUT2D eigenvalue weighted by atomic mass is 10.1. The first-order valence-corrected chi connectivity index (χ1v) is 23.1. The Morgan fingerprint density at radius 3 is 1.39 bits per heavy atom. The molecule has 0 aromatic heterocycles. The van der Waals surface area contributed by atoms with Crippen LogP contribution in [0.5, 0.6) is 0 Å². The van der Waals surface area contributed by atoms with Gasteiger partial charge in [-0.05, 0) is 83.5 Å². The van der Waals surface area contributed by atoms with Crippen LogP contribution in [-0.4, -0.2) is 60.5 Å². The number of hydrogen-bond acceptors (Lipinski definition) is 8. The van der Waals surface area contributed by atoms with Gasteiger partial charge in [0.1, 0.15) is 12.1 Å². The zero-order valence-corrected chi connectivity index (χ0v) is 36.9. The summed E-state index contributed by atoms with van der Waals surface area (Å²) >= 11 is 0. The molecule has 59 heavy (non-hydrogen) atoms. The van der Waals surface area contributed by atoms with Gasteiger partial charge in [-0.3, -0.25) is 18.6 Å². The molecule has 3 atom stereocenters. The van der Waals surface area contributed by atoms with Crippen LogP contribution in [0.15, 0.2) is 122 Å². The highest BCUT2D eigenvalue weighted by molar-refractivity contribution is 7.47. The molecule has 0 bridgehead atoms. The van der Waals surface area contributed by atoms with Crippen molar-refractivity contribution in [2.24, 2.45) is 5.73 Å². The molecule has 0 fully saturated rings. The standard InChI is InChI=1S/C48H76NO9P/c1-3-5-7-9-11-13-15-17-19-20-21-22-23-24-25-27-29-31-33-35-37-39-41-55-42-45(43-56-59(53,54)57-44-46(49)48(51)52)58-47(50)40-38-36-34-32-30-28-26-18-16-14-12-10-8-6-4-2/h5-8,11-14,17-19,21-22,24-26,30,32,36,38,45-46H,3-4,9-10,15-16,20,23,27-29,31,33-35,37,39-44,49H2,1-2H3,(H,51,52)(H,53,54)/b7-5-,8-6-,13-11-,14-12-,19-17-,22-21-,25-24-,26-18-,32-30-,38-36-. The number of carboxylic acids is 1. The number of unbranched alkanes of at least 4 members (excludes halogenated alkanes) is 6. The molecule has 332 valence electrons. The molecule has 0 radical (unpaired) electrons. The Hall–Kier alpha value is -3.63. The Morgan fingerprint density at radius 2 is 0.932 bits per heavy atom. The van der Waals surface area contributed by atoms with Crippen molar-refractivity contribution in [1.82, 2.24) is 0 Å². The van der Waals surface area contributed by atoms with Crippen LogP contribution in [0.3, 0.4) is 0 Å². The molecular weight excluding hydrogens is 765 g/mol. The van der Waals surface area contributed by atoms with Crippen LogP contribution >= 0.6 is 7.82 Å². The van der Waals surface area contributed by atoms with Gasteiger partial charge in [-0.2, -0.15) is 0 Å². The van der Waals surface area contributed by atoms with Crippen molar-refractivity contribution in [3.05, 3.63) is 122 Å². The molecule has 0 aromatic rings. The molecule has 0 aromatic carbocycles. The van der Waals surface area contributed by atoms with E-state index in [1.165, 1.54) is 6.42 Å². The second kappa shape index (κ2) is 42.5. The Kier molecular flexibility index (Phi) is 39.9. The van der Waals surface area contributed by atoms with E-state index in [-0.39, 0.29) is 13.0 Å². The predicted molar refractivity (Wildman–Crippen MR) is 244 cm³/mol. The van der Waals surface area contributed by atoms with Crippen LogP contribution in [0.2, 0.25) is 0 Å². The molecule has 4 N–H and O–H groups in total. The fourth-order valence-electron chi connectivity index (χ4n) is 5.00. The first kappa shape index (κ1) is 55.4. The van der Waals surface area contributed by atoms with Crippen LogP contribution in [0.25, 0.3) is 0 Å². The number of phosphoric ester groups is 1. The summed E-state index contributed by atoms with van der Waals surface area (Å²) in [7, 11) is -4.66. The minimum atomic E-state index is -4.66. The number of ether oxygens (including phenoxy) is 2. The van der Waals surface area contributed by atoms with Gasteiger partial charge in [0.2, 0.25) is 0 Å². The van der Waals surface area contributed by atoms with Crippen molar-refractivity contribution in [2.45, 2.75) is 142 Å². The van der Waals surface area contributed by atoms with Crippen molar-refractivity contribution < 1.29 is 42.7 Å². The quantitative estimate of drug-likeness (QED) is 0.0236. The topological polar surface area (TPSA) is 155 Å². The lowest BCUT2D eigenvalue weighted by Gasteiger charge is -2.20. The van der Waals surface area contributed by atoms with Crippen LogP contribution in [-0.2, 0) is 32.7 Å². The smallest absolute Gasteiger partial charge is 0.472 e. The Bertz CT molecular complexity index is 1390. The number of carboxylic acid groups (broad SMARTS) is 1. The number of esters is 1. The van der Waals surface area contributed by atoms with Gasteiger partial charge in [-0.15, -0.1) is 0 Å². The molecule has 0 aliphatic heterocycles. The number of phosphoric acid groups is 1. The molecule has 11 heteroatoms. The van der Waals surface area contributed by atoms with E-state index in [0.29, 0.717) is 13.0 Å². The van der Waals surface area contributed by atoms with E-state index >= 15 is 0 Å². The molecule has 0 amide bonds. The number of carbonyl (C=O) groups is 2. The van der Waals surface area contributed by atoms with Crippen molar-refractivity contribution in [3.63, 3.8) is 0 Å². The Balaban J connectivity index is 4.40. The minimum Gasteiger partial charge on any atom is -0.480 e. The first-order valence-electron chi connectivity index (χ1n) is 21.6. The van der Waals surface area contributed by atoms with E-state index < -0.39 is 45.1 Å². The van der Waals surface area contributed by atoms with Crippen LogP contribution in [0.4, 0.5) is 0 Å². The third kappa shape index (κ3) is 42.3. The number of hydrogen-bond donors (Lipinski definition) is 3. The molecule has 10 nitrogen and oxygen atoms in total. The molecule has 0 heterocycles. The predicted octanol–water partition coefficient (Wildman–Crippen LogP) is 12.1. The maximum atomic E-state index is 12.6.